The van der Waals surface area contributed by atoms with E-state index in [-0.39, 0.29) is 17.4 Å². The molecule has 2 heterocycles. The van der Waals surface area contributed by atoms with Gasteiger partial charge in [-0.25, -0.2) is 0 Å². The molecular weight excluding hydrogens is 336 g/mol. The number of phenols is 2. The highest BCUT2D eigenvalue weighted by molar-refractivity contribution is 6.07. The molecule has 0 fully saturated rings. The molecule has 0 saturated carbocycles. The highest BCUT2D eigenvalue weighted by Crippen LogP contribution is 2.39. The lowest BCUT2D eigenvalue weighted by atomic mass is 9.88. The van der Waals surface area contributed by atoms with Crippen LogP contribution in [0.5, 0.6) is 11.5 Å². The third kappa shape index (κ3) is 2.89. The van der Waals surface area contributed by atoms with E-state index in [1.807, 2.05) is 20.8 Å². The summed E-state index contributed by atoms with van der Waals surface area (Å²) in [6.45, 7) is 8.73. The zero-order valence-electron chi connectivity index (χ0n) is 16.3. The number of phenolic OH excluding ortho intramolecular Hbond substituents is 2. The average Bonchev–Trinajstić information content (AvgIpc) is 2.97. The predicted octanol–water partition coefficient (Wildman–Crippen LogP) is 4.91. The van der Waals surface area contributed by atoms with Crippen LogP contribution in [0.25, 0.3) is 10.9 Å². The number of benzene rings is 2. The van der Waals surface area contributed by atoms with E-state index in [9.17, 15) is 10.2 Å². The highest BCUT2D eigenvalue weighted by atomic mass is 16.3. The number of H-pyrrole nitrogens is 1. The van der Waals surface area contributed by atoms with Crippen LogP contribution in [0.2, 0.25) is 0 Å². The highest BCUT2D eigenvalue weighted by Gasteiger charge is 2.24. The van der Waals surface area contributed by atoms with Crippen LogP contribution in [0.3, 0.4) is 0 Å². The maximum absolute atomic E-state index is 10.7. The van der Waals surface area contributed by atoms with Crippen molar-refractivity contribution < 1.29 is 10.2 Å². The second-order valence-corrected chi connectivity index (χ2v) is 7.89. The van der Waals surface area contributed by atoms with Gasteiger partial charge >= 0.3 is 0 Å². The van der Waals surface area contributed by atoms with E-state index in [1.54, 1.807) is 6.07 Å². The Kier molecular flexibility index (Phi) is 4.22. The summed E-state index contributed by atoms with van der Waals surface area (Å²) in [5.41, 5.74) is 7.96. The molecular formula is C23H26N2O2. The standard InChI is InChI=1S/C23H26N2O2/c1-12(2)21-17(23(27)14(4)10-20(21)26)11-19-22-16(7-8-24-19)15-6-5-13(3)9-18(15)25-22/h5-6,9-10,12,25-27H,7-8,11H2,1-4H3. The Bertz CT molecular complexity index is 1070. The zero-order valence-corrected chi connectivity index (χ0v) is 16.3. The number of aliphatic imine (C=N–C) groups is 1. The van der Waals surface area contributed by atoms with Gasteiger partial charge in [0.2, 0.25) is 0 Å². The predicted molar refractivity (Wildman–Crippen MR) is 110 cm³/mol. The third-order valence-corrected chi connectivity index (χ3v) is 5.55. The lowest BCUT2D eigenvalue weighted by Gasteiger charge is -2.20. The maximum Gasteiger partial charge on any atom is 0.122 e. The van der Waals surface area contributed by atoms with Gasteiger partial charge in [0.05, 0.1) is 11.4 Å². The van der Waals surface area contributed by atoms with E-state index >= 15 is 0 Å². The number of fused-ring (bicyclic) bond motifs is 3. The molecule has 0 aliphatic carbocycles. The molecule has 1 aliphatic heterocycles. The van der Waals surface area contributed by atoms with Crippen molar-refractivity contribution in [3.05, 3.63) is 57.8 Å². The van der Waals surface area contributed by atoms with Gasteiger partial charge in [0.25, 0.3) is 0 Å². The Balaban J connectivity index is 1.84. The van der Waals surface area contributed by atoms with Crippen molar-refractivity contribution in [1.29, 1.82) is 0 Å². The quantitative estimate of drug-likeness (QED) is 0.580. The minimum absolute atomic E-state index is 0.112. The number of aromatic hydroxyl groups is 2. The van der Waals surface area contributed by atoms with Gasteiger partial charge in [-0.15, -0.1) is 0 Å². The molecule has 3 aromatic rings. The molecule has 0 unspecified atom stereocenters. The van der Waals surface area contributed by atoms with Crippen LogP contribution in [0, 0.1) is 13.8 Å². The van der Waals surface area contributed by atoms with E-state index in [1.165, 1.54) is 16.5 Å². The molecule has 0 amide bonds. The Morgan fingerprint density at radius 2 is 1.93 bits per heavy atom. The second-order valence-electron chi connectivity index (χ2n) is 7.89. The number of hydrogen-bond acceptors (Lipinski definition) is 3. The summed E-state index contributed by atoms with van der Waals surface area (Å²) in [4.78, 5) is 8.33. The molecule has 0 atom stereocenters. The Morgan fingerprint density at radius 1 is 1.15 bits per heavy atom. The van der Waals surface area contributed by atoms with Gasteiger partial charge in [-0.1, -0.05) is 26.0 Å². The summed E-state index contributed by atoms with van der Waals surface area (Å²) in [5.74, 6) is 0.623. The van der Waals surface area contributed by atoms with E-state index < -0.39 is 0 Å². The van der Waals surface area contributed by atoms with Crippen LogP contribution in [0.4, 0.5) is 0 Å². The third-order valence-electron chi connectivity index (χ3n) is 5.55. The lowest BCUT2D eigenvalue weighted by molar-refractivity contribution is 0.443. The molecule has 1 aromatic heterocycles. The largest absolute Gasteiger partial charge is 0.508 e. The first kappa shape index (κ1) is 17.7. The fourth-order valence-electron chi connectivity index (χ4n) is 4.26. The van der Waals surface area contributed by atoms with Crippen LogP contribution in [-0.2, 0) is 12.8 Å². The zero-order chi connectivity index (χ0) is 19.3. The molecule has 1 aliphatic rings. The van der Waals surface area contributed by atoms with Gasteiger partial charge in [0.15, 0.2) is 0 Å². The van der Waals surface area contributed by atoms with Crippen LogP contribution in [0.15, 0.2) is 29.3 Å². The van der Waals surface area contributed by atoms with Crippen molar-refractivity contribution in [2.75, 3.05) is 6.54 Å². The maximum atomic E-state index is 10.7. The monoisotopic (exact) mass is 362 g/mol. The Morgan fingerprint density at radius 3 is 2.67 bits per heavy atom. The van der Waals surface area contributed by atoms with Gasteiger partial charge in [0.1, 0.15) is 11.5 Å². The van der Waals surface area contributed by atoms with Crippen molar-refractivity contribution >= 4 is 16.6 Å². The first-order chi connectivity index (χ1) is 12.9. The SMILES string of the molecule is Cc1ccc2c3c([nH]c2c1)C(Cc1c(O)c(C)cc(O)c1C(C)C)=NCC3. The fourth-order valence-corrected chi connectivity index (χ4v) is 4.26. The van der Waals surface area contributed by atoms with Crippen LogP contribution in [0.1, 0.15) is 53.3 Å². The van der Waals surface area contributed by atoms with Gasteiger partial charge in [-0.05, 0) is 55.0 Å². The van der Waals surface area contributed by atoms with Crippen molar-refractivity contribution in [3.63, 3.8) is 0 Å². The average molecular weight is 362 g/mol. The summed E-state index contributed by atoms with van der Waals surface area (Å²) >= 11 is 0. The topological polar surface area (TPSA) is 68.6 Å². The van der Waals surface area contributed by atoms with Gasteiger partial charge in [0, 0.05) is 35.0 Å². The summed E-state index contributed by atoms with van der Waals surface area (Å²) in [6, 6.07) is 8.14. The van der Waals surface area contributed by atoms with Gasteiger partial charge in [-0.2, -0.15) is 0 Å². The molecule has 2 aromatic carbocycles. The van der Waals surface area contributed by atoms with Crippen molar-refractivity contribution in [3.8, 4) is 11.5 Å². The van der Waals surface area contributed by atoms with E-state index in [2.05, 4.69) is 30.1 Å². The number of hydrogen-bond donors (Lipinski definition) is 3. The molecule has 140 valence electrons. The van der Waals surface area contributed by atoms with Crippen molar-refractivity contribution in [1.82, 2.24) is 4.98 Å². The van der Waals surface area contributed by atoms with E-state index in [0.717, 1.165) is 41.0 Å². The van der Waals surface area contributed by atoms with Crippen molar-refractivity contribution in [2.45, 2.75) is 46.5 Å². The number of rotatable bonds is 3. The molecule has 0 spiro atoms. The molecule has 3 N–H and O–H groups in total. The van der Waals surface area contributed by atoms with Crippen LogP contribution in [-0.4, -0.2) is 27.5 Å². The summed E-state index contributed by atoms with van der Waals surface area (Å²) in [6.07, 6.45) is 1.43. The number of aryl methyl sites for hydroxylation is 2. The Labute approximate surface area is 159 Å². The molecule has 27 heavy (non-hydrogen) atoms. The first-order valence-electron chi connectivity index (χ1n) is 9.56. The van der Waals surface area contributed by atoms with Crippen LogP contribution >= 0.6 is 0 Å². The lowest BCUT2D eigenvalue weighted by Crippen LogP contribution is -2.16. The van der Waals surface area contributed by atoms with Gasteiger partial charge < -0.3 is 15.2 Å². The van der Waals surface area contributed by atoms with E-state index in [4.69, 9.17) is 4.99 Å². The number of nitrogens with one attached hydrogen (secondary N) is 1. The summed E-state index contributed by atoms with van der Waals surface area (Å²) in [5, 5.41) is 22.5. The number of aromatic amines is 1. The summed E-state index contributed by atoms with van der Waals surface area (Å²) in [7, 11) is 0. The molecule has 0 radical (unpaired) electrons. The molecule has 4 heteroatoms. The van der Waals surface area contributed by atoms with Crippen molar-refractivity contribution in [2.24, 2.45) is 4.99 Å². The smallest absolute Gasteiger partial charge is 0.122 e. The molecule has 0 saturated heterocycles. The minimum atomic E-state index is 0.112. The number of aromatic nitrogens is 1. The molecule has 4 nitrogen and oxygen atoms in total. The molecule has 4 rings (SSSR count). The molecule has 0 bridgehead atoms. The normalized spacial score (nSPS) is 13.9. The first-order valence-corrected chi connectivity index (χ1v) is 9.56. The summed E-state index contributed by atoms with van der Waals surface area (Å²) < 4.78 is 0. The van der Waals surface area contributed by atoms with Crippen LogP contribution < -0.4 is 0 Å². The van der Waals surface area contributed by atoms with Gasteiger partial charge in [-0.3, -0.25) is 4.99 Å². The Hall–Kier alpha value is -2.75. The minimum Gasteiger partial charge on any atom is -0.508 e. The van der Waals surface area contributed by atoms with E-state index in [0.29, 0.717) is 12.0 Å². The second kappa shape index (κ2) is 6.45. The fraction of sp³-hybridized carbons (Fsp3) is 0.348. The number of nitrogens with zero attached hydrogens (tertiary/aromatic N) is 1.